The highest BCUT2D eigenvalue weighted by Crippen LogP contribution is 2.18. The van der Waals surface area contributed by atoms with E-state index < -0.39 is 10.0 Å². The number of hydrogen-bond donors (Lipinski definition) is 2. The van der Waals surface area contributed by atoms with Crippen molar-refractivity contribution >= 4 is 10.0 Å². The van der Waals surface area contributed by atoms with Gasteiger partial charge in [-0.1, -0.05) is 0 Å². The van der Waals surface area contributed by atoms with Crippen molar-refractivity contribution in [2.45, 2.75) is 37.8 Å². The SMILES string of the molecule is CC(C)N(CCCO)S(=O)(=O)c1ccc(CN)nc1. The lowest BCUT2D eigenvalue weighted by Gasteiger charge is -2.25. The third kappa shape index (κ3) is 3.97. The van der Waals surface area contributed by atoms with Crippen molar-refractivity contribution in [1.29, 1.82) is 0 Å². The van der Waals surface area contributed by atoms with Crippen LogP contribution in [0.25, 0.3) is 0 Å². The number of nitrogens with two attached hydrogens (primary N) is 1. The summed E-state index contributed by atoms with van der Waals surface area (Å²) < 4.78 is 26.3. The van der Waals surface area contributed by atoms with E-state index >= 15 is 0 Å². The largest absolute Gasteiger partial charge is 0.396 e. The van der Waals surface area contributed by atoms with Gasteiger partial charge in [-0.25, -0.2) is 8.42 Å². The molecule has 0 saturated heterocycles. The zero-order valence-electron chi connectivity index (χ0n) is 11.3. The summed E-state index contributed by atoms with van der Waals surface area (Å²) in [6.45, 7) is 4.13. The van der Waals surface area contributed by atoms with Crippen LogP contribution in [0.1, 0.15) is 26.0 Å². The van der Waals surface area contributed by atoms with Crippen LogP contribution >= 0.6 is 0 Å². The molecule has 19 heavy (non-hydrogen) atoms. The Morgan fingerprint density at radius 1 is 1.42 bits per heavy atom. The van der Waals surface area contributed by atoms with Crippen LogP contribution in [0.2, 0.25) is 0 Å². The van der Waals surface area contributed by atoms with E-state index in [1.807, 2.05) is 0 Å². The van der Waals surface area contributed by atoms with E-state index in [1.54, 1.807) is 19.9 Å². The van der Waals surface area contributed by atoms with E-state index in [0.29, 0.717) is 12.1 Å². The first-order chi connectivity index (χ1) is 8.93. The number of aromatic nitrogens is 1. The molecule has 1 aromatic heterocycles. The molecule has 0 aliphatic rings. The van der Waals surface area contributed by atoms with Gasteiger partial charge in [-0.05, 0) is 32.4 Å². The summed E-state index contributed by atoms with van der Waals surface area (Å²) >= 11 is 0. The highest BCUT2D eigenvalue weighted by molar-refractivity contribution is 7.89. The summed E-state index contributed by atoms with van der Waals surface area (Å²) in [5.41, 5.74) is 6.08. The number of hydrogen-bond acceptors (Lipinski definition) is 5. The molecular weight excluding hydrogens is 266 g/mol. The maximum atomic E-state index is 12.5. The van der Waals surface area contributed by atoms with Crippen LogP contribution in [0.5, 0.6) is 0 Å². The first-order valence-corrected chi connectivity index (χ1v) is 7.65. The molecule has 0 aliphatic heterocycles. The highest BCUT2D eigenvalue weighted by Gasteiger charge is 2.26. The second-order valence-corrected chi connectivity index (χ2v) is 6.37. The Hall–Kier alpha value is -1.02. The lowest BCUT2D eigenvalue weighted by atomic mass is 10.3. The van der Waals surface area contributed by atoms with Gasteiger partial charge >= 0.3 is 0 Å². The quantitative estimate of drug-likeness (QED) is 0.753. The lowest BCUT2D eigenvalue weighted by molar-refractivity contribution is 0.258. The third-order valence-electron chi connectivity index (χ3n) is 2.73. The summed E-state index contributed by atoms with van der Waals surface area (Å²) in [6.07, 6.45) is 1.73. The molecule has 7 heteroatoms. The van der Waals surface area contributed by atoms with Gasteiger partial charge in [0.25, 0.3) is 0 Å². The number of aliphatic hydroxyl groups is 1. The first kappa shape index (κ1) is 16.0. The van der Waals surface area contributed by atoms with Crippen molar-refractivity contribution in [2.75, 3.05) is 13.2 Å². The van der Waals surface area contributed by atoms with Crippen molar-refractivity contribution in [2.24, 2.45) is 5.73 Å². The van der Waals surface area contributed by atoms with Gasteiger partial charge in [-0.3, -0.25) is 4.98 Å². The first-order valence-electron chi connectivity index (χ1n) is 6.21. The lowest BCUT2D eigenvalue weighted by Crippen LogP contribution is -2.38. The van der Waals surface area contributed by atoms with Crippen molar-refractivity contribution < 1.29 is 13.5 Å². The molecule has 108 valence electrons. The Balaban J connectivity index is 3.04. The van der Waals surface area contributed by atoms with Crippen LogP contribution in [0.4, 0.5) is 0 Å². The molecule has 1 aromatic rings. The Kier molecular flexibility index (Phi) is 5.86. The van der Waals surface area contributed by atoms with Gasteiger partial charge in [0.1, 0.15) is 4.90 Å². The molecule has 0 saturated carbocycles. The molecule has 0 fully saturated rings. The standard InChI is InChI=1S/C12H21N3O3S/c1-10(2)15(6-3-7-16)19(17,18)12-5-4-11(8-13)14-9-12/h4-5,9-10,16H,3,6-8,13H2,1-2H3. The van der Waals surface area contributed by atoms with E-state index in [2.05, 4.69) is 4.98 Å². The van der Waals surface area contributed by atoms with Gasteiger partial charge in [0.2, 0.25) is 10.0 Å². The van der Waals surface area contributed by atoms with Gasteiger partial charge in [-0.2, -0.15) is 4.31 Å². The monoisotopic (exact) mass is 287 g/mol. The van der Waals surface area contributed by atoms with Gasteiger partial charge in [-0.15, -0.1) is 0 Å². The molecule has 1 rings (SSSR count). The summed E-state index contributed by atoms with van der Waals surface area (Å²) in [5.74, 6) is 0. The predicted octanol–water partition coefficient (Wildman–Crippen LogP) is 0.322. The van der Waals surface area contributed by atoms with E-state index in [9.17, 15) is 8.42 Å². The maximum absolute atomic E-state index is 12.5. The van der Waals surface area contributed by atoms with E-state index in [0.717, 1.165) is 0 Å². The van der Waals surface area contributed by atoms with Gasteiger partial charge in [0.05, 0.1) is 5.69 Å². The summed E-state index contributed by atoms with van der Waals surface area (Å²) in [5, 5.41) is 8.85. The summed E-state index contributed by atoms with van der Waals surface area (Å²) in [6, 6.07) is 2.95. The van der Waals surface area contributed by atoms with Crippen molar-refractivity contribution in [1.82, 2.24) is 9.29 Å². The topological polar surface area (TPSA) is 96.5 Å². The third-order valence-corrected chi connectivity index (χ3v) is 4.78. The number of sulfonamides is 1. The fraction of sp³-hybridized carbons (Fsp3) is 0.583. The minimum Gasteiger partial charge on any atom is -0.396 e. The molecule has 0 atom stereocenters. The van der Waals surface area contributed by atoms with Crippen LogP contribution < -0.4 is 5.73 Å². The van der Waals surface area contributed by atoms with Gasteiger partial charge < -0.3 is 10.8 Å². The van der Waals surface area contributed by atoms with E-state index in [-0.39, 0.29) is 30.6 Å². The van der Waals surface area contributed by atoms with Crippen molar-refractivity contribution in [3.8, 4) is 0 Å². The van der Waals surface area contributed by atoms with E-state index in [4.69, 9.17) is 10.8 Å². The van der Waals surface area contributed by atoms with Crippen LogP contribution in [0, 0.1) is 0 Å². The van der Waals surface area contributed by atoms with Crippen LogP contribution in [-0.4, -0.2) is 42.0 Å². The second-order valence-electron chi connectivity index (χ2n) is 4.48. The molecule has 0 aromatic carbocycles. The minimum atomic E-state index is -3.58. The molecule has 1 heterocycles. The van der Waals surface area contributed by atoms with Gasteiger partial charge in [0, 0.05) is 31.9 Å². The van der Waals surface area contributed by atoms with Gasteiger partial charge in [0.15, 0.2) is 0 Å². The molecule has 6 nitrogen and oxygen atoms in total. The Morgan fingerprint density at radius 3 is 2.53 bits per heavy atom. The minimum absolute atomic E-state index is 0.0386. The Bertz CT molecular complexity index is 485. The molecule has 0 amide bonds. The van der Waals surface area contributed by atoms with Crippen LogP contribution in [0.3, 0.4) is 0 Å². The fourth-order valence-corrected chi connectivity index (χ4v) is 3.32. The molecule has 0 radical (unpaired) electrons. The van der Waals surface area contributed by atoms with E-state index in [1.165, 1.54) is 16.6 Å². The number of nitrogens with zero attached hydrogens (tertiary/aromatic N) is 2. The average molecular weight is 287 g/mol. The molecule has 0 spiro atoms. The smallest absolute Gasteiger partial charge is 0.244 e. The maximum Gasteiger partial charge on any atom is 0.244 e. The molecule has 3 N–H and O–H groups in total. The van der Waals surface area contributed by atoms with Crippen LogP contribution in [-0.2, 0) is 16.6 Å². The number of pyridine rings is 1. The predicted molar refractivity (Wildman–Crippen MR) is 72.9 cm³/mol. The Morgan fingerprint density at radius 2 is 2.11 bits per heavy atom. The van der Waals surface area contributed by atoms with Crippen molar-refractivity contribution in [3.05, 3.63) is 24.0 Å². The second kappa shape index (κ2) is 6.95. The number of aliphatic hydroxyl groups excluding tert-OH is 1. The summed E-state index contributed by atoms with van der Waals surface area (Å²) in [4.78, 5) is 4.15. The highest BCUT2D eigenvalue weighted by atomic mass is 32.2. The Labute approximate surface area is 114 Å². The normalized spacial score (nSPS) is 12.3. The number of rotatable bonds is 7. The average Bonchev–Trinajstić information content (AvgIpc) is 2.38. The molecule has 0 unspecified atom stereocenters. The molecular formula is C12H21N3O3S. The summed E-state index contributed by atoms with van der Waals surface area (Å²) in [7, 11) is -3.58. The fourth-order valence-electron chi connectivity index (χ4n) is 1.70. The zero-order chi connectivity index (χ0) is 14.5. The molecule has 0 bridgehead atoms. The molecule has 0 aliphatic carbocycles. The zero-order valence-corrected chi connectivity index (χ0v) is 12.1. The van der Waals surface area contributed by atoms with Crippen LogP contribution in [0.15, 0.2) is 23.2 Å². The van der Waals surface area contributed by atoms with Crippen molar-refractivity contribution in [3.63, 3.8) is 0 Å².